The molecule has 3 aromatic carbocycles. The highest BCUT2D eigenvalue weighted by Gasteiger charge is 2.32. The number of ether oxygens (including phenoxy) is 7. The average molecular weight is 1040 g/mol. The summed E-state index contributed by atoms with van der Waals surface area (Å²) in [5.41, 5.74) is 4.93. The van der Waals surface area contributed by atoms with Crippen LogP contribution in [-0.4, -0.2) is 137 Å². The zero-order chi connectivity index (χ0) is 49.9. The molecular weight excluding hydrogens is 989 g/mol. The van der Waals surface area contributed by atoms with Crippen LogP contribution in [0.4, 0.5) is 4.39 Å². The van der Waals surface area contributed by atoms with Gasteiger partial charge >= 0.3 is 5.97 Å². The molecule has 16 nitrogen and oxygen atoms in total. The van der Waals surface area contributed by atoms with Crippen LogP contribution in [0.15, 0.2) is 79.4 Å². The van der Waals surface area contributed by atoms with E-state index in [1.165, 1.54) is 29.8 Å². The highest BCUT2D eigenvalue weighted by molar-refractivity contribution is 7.22. The average Bonchev–Trinajstić information content (AvgIpc) is 3.78. The van der Waals surface area contributed by atoms with E-state index < -0.39 is 24.0 Å². The summed E-state index contributed by atoms with van der Waals surface area (Å²) in [7, 11) is 2.10. The van der Waals surface area contributed by atoms with Gasteiger partial charge in [0.25, 0.3) is 0 Å². The van der Waals surface area contributed by atoms with Crippen LogP contribution in [0.5, 0.6) is 29.0 Å². The molecule has 3 atom stereocenters. The Kier molecular flexibility index (Phi) is 15.0. The van der Waals surface area contributed by atoms with Crippen LogP contribution in [0.1, 0.15) is 22.4 Å². The molecule has 4 bridgehead atoms. The number of carboxylic acids is 1. The maximum atomic E-state index is 14.4. The lowest BCUT2D eigenvalue weighted by atomic mass is 9.92. The van der Waals surface area contributed by atoms with Crippen LogP contribution in [0, 0.1) is 19.7 Å². The van der Waals surface area contributed by atoms with Crippen LogP contribution >= 0.6 is 34.5 Å². The summed E-state index contributed by atoms with van der Waals surface area (Å²) in [4.78, 5) is 42.0. The number of likely N-dealkylation sites (N-methyl/N-ethyl adjacent to an activating group) is 1. The molecule has 4 aliphatic heterocycles. The summed E-state index contributed by atoms with van der Waals surface area (Å²) in [6, 6.07) is 16.6. The highest BCUT2D eigenvalue weighted by Crippen LogP contribution is 2.53. The first-order valence-corrected chi connectivity index (χ1v) is 25.0. The van der Waals surface area contributed by atoms with Gasteiger partial charge < -0.3 is 43.2 Å². The van der Waals surface area contributed by atoms with Gasteiger partial charge in [-0.15, -0.1) is 11.3 Å². The van der Waals surface area contributed by atoms with E-state index in [0.29, 0.717) is 122 Å². The molecule has 374 valence electrons. The molecule has 2 fully saturated rings. The van der Waals surface area contributed by atoms with E-state index in [1.807, 2.05) is 19.9 Å². The zero-order valence-electron chi connectivity index (χ0n) is 39.6. The molecule has 0 unspecified atom stereocenters. The number of aliphatic carboxylic acids is 1. The number of hydrogen-bond acceptors (Lipinski definition) is 16. The van der Waals surface area contributed by atoms with Crippen LogP contribution in [-0.2, 0) is 27.3 Å². The predicted octanol–water partition coefficient (Wildman–Crippen LogP) is 8.78. The Bertz CT molecular complexity index is 3050. The molecule has 0 spiro atoms. The van der Waals surface area contributed by atoms with Gasteiger partial charge in [0.1, 0.15) is 60.5 Å². The first kappa shape index (κ1) is 49.3. The molecule has 72 heavy (non-hydrogen) atoms. The van der Waals surface area contributed by atoms with Crippen LogP contribution < -0.4 is 23.7 Å². The number of pyridine rings is 1. The van der Waals surface area contributed by atoms with Gasteiger partial charge in [0.2, 0.25) is 17.9 Å². The molecule has 0 amide bonds. The number of carboxylic acid groups (broad SMARTS) is 1. The number of carbonyl (C=O) groups is 1. The molecule has 8 heterocycles. The van der Waals surface area contributed by atoms with Gasteiger partial charge in [0.15, 0.2) is 11.6 Å². The number of hydrogen-bond donors (Lipinski definition) is 1. The largest absolute Gasteiger partial charge is 0.490 e. The van der Waals surface area contributed by atoms with Gasteiger partial charge in [-0.05, 0) is 85.6 Å². The summed E-state index contributed by atoms with van der Waals surface area (Å²) < 4.78 is 57.7. The minimum atomic E-state index is -1.49. The zero-order valence-corrected chi connectivity index (χ0v) is 41.9. The number of rotatable bonds is 11. The van der Waals surface area contributed by atoms with Gasteiger partial charge in [0, 0.05) is 79.2 Å². The van der Waals surface area contributed by atoms with Crippen molar-refractivity contribution < 1.29 is 47.4 Å². The van der Waals surface area contributed by atoms with Crippen LogP contribution in [0.25, 0.3) is 43.2 Å². The van der Waals surface area contributed by atoms with E-state index in [1.54, 1.807) is 54.9 Å². The summed E-state index contributed by atoms with van der Waals surface area (Å²) in [6.07, 6.45) is 2.23. The van der Waals surface area contributed by atoms with Crippen molar-refractivity contribution in [3.05, 3.63) is 118 Å². The second-order valence-corrected chi connectivity index (χ2v) is 19.5. The molecule has 2 saturated heterocycles. The Morgan fingerprint density at radius 2 is 1.67 bits per heavy atom. The fraction of sp³-hybridized carbons (Fsp3) is 0.346. The summed E-state index contributed by atoms with van der Waals surface area (Å²) in [5, 5.41) is 11.9. The van der Waals surface area contributed by atoms with E-state index >= 15 is 0 Å². The Balaban J connectivity index is 1.01. The Hall–Kier alpha value is -6.25. The molecule has 0 saturated carbocycles. The summed E-state index contributed by atoms with van der Waals surface area (Å²) >= 11 is 16.0. The normalized spacial score (nSPS) is 18.7. The van der Waals surface area contributed by atoms with Crippen LogP contribution in [0.2, 0.25) is 10.0 Å². The standard InChI is InChI=1S/C52H50Cl2FN7O9S/c1-29-42-30(2)46(54)47(45(29)53)70-37(23-62-16-14-61(3)15-17-62)26-67-36-9-10-39(68-24-35-12-13-56-49(60-35)32-6-11-41(57-22-32)69-27-38-25-65-18-19-66-38)33(20-36)21-40(52(63)64)71-50-44-43(42)48(72-51(44)59-28-58-50)31-4-7-34(55)8-5-31/h4-13,20,22,28,37-38,40H,14-19,21,23-27H2,1-3H3,(H,63,64)/t37-,38+,40-/m1/s1. The van der Waals surface area contributed by atoms with Crippen molar-refractivity contribution >= 4 is 50.7 Å². The fourth-order valence-corrected chi connectivity index (χ4v) is 10.5. The molecule has 4 aliphatic rings. The topological polar surface area (TPSA) is 173 Å². The van der Waals surface area contributed by atoms with Crippen molar-refractivity contribution in [3.8, 4) is 62.0 Å². The minimum absolute atomic E-state index is 0.00867. The maximum Gasteiger partial charge on any atom is 0.345 e. The van der Waals surface area contributed by atoms with Crippen molar-refractivity contribution in [1.29, 1.82) is 0 Å². The van der Waals surface area contributed by atoms with E-state index in [-0.39, 0.29) is 41.7 Å². The molecule has 0 aliphatic carbocycles. The monoisotopic (exact) mass is 1040 g/mol. The van der Waals surface area contributed by atoms with Gasteiger partial charge in [0.05, 0.1) is 40.9 Å². The van der Waals surface area contributed by atoms with E-state index in [4.69, 9.17) is 61.3 Å². The summed E-state index contributed by atoms with van der Waals surface area (Å²) in [5.74, 6) is 0.337. The maximum absolute atomic E-state index is 14.4. The van der Waals surface area contributed by atoms with E-state index in [2.05, 4.69) is 36.8 Å². The minimum Gasteiger partial charge on any atom is -0.490 e. The quantitative estimate of drug-likeness (QED) is 0.130. The number of thiophene rings is 1. The van der Waals surface area contributed by atoms with Gasteiger partial charge in [-0.1, -0.05) is 35.3 Å². The molecule has 11 rings (SSSR count). The van der Waals surface area contributed by atoms with E-state index in [9.17, 15) is 14.3 Å². The third kappa shape index (κ3) is 10.9. The molecule has 7 aromatic rings. The van der Waals surface area contributed by atoms with Gasteiger partial charge in [-0.2, -0.15) is 0 Å². The number of benzene rings is 3. The second kappa shape index (κ2) is 21.8. The fourth-order valence-electron chi connectivity index (χ4n) is 8.89. The molecule has 0 radical (unpaired) electrons. The molecule has 1 N–H and O–H groups in total. The lowest BCUT2D eigenvalue weighted by molar-refractivity contribution is -0.145. The van der Waals surface area contributed by atoms with Crippen LogP contribution in [0.3, 0.4) is 0 Å². The van der Waals surface area contributed by atoms with E-state index in [0.717, 1.165) is 26.2 Å². The second-order valence-electron chi connectivity index (χ2n) is 17.8. The van der Waals surface area contributed by atoms with Crippen molar-refractivity contribution in [2.75, 3.05) is 72.8 Å². The Morgan fingerprint density at radius 1 is 0.875 bits per heavy atom. The number of halogens is 3. The van der Waals surface area contributed by atoms with Crippen molar-refractivity contribution in [1.82, 2.24) is 34.7 Å². The lowest BCUT2D eigenvalue weighted by Gasteiger charge is -2.35. The third-order valence-corrected chi connectivity index (χ3v) is 14.8. The lowest BCUT2D eigenvalue weighted by Crippen LogP contribution is -2.49. The summed E-state index contributed by atoms with van der Waals surface area (Å²) in [6.45, 7) is 9.66. The van der Waals surface area contributed by atoms with Crippen molar-refractivity contribution in [2.45, 2.75) is 45.2 Å². The first-order chi connectivity index (χ1) is 34.9. The SMILES string of the molecule is Cc1c(Cl)c2c(Cl)c(C)c1-c1c(-c3ccc(F)cc3)sc3ncnc(c13)O[C@@H](C(=O)O)Cc1cc(ccc1OCc1ccnc(-c3ccc(OC[C@@H]4COCCO4)nc3)n1)OC[C@@H](CN1CCN(C)CC1)O2. The van der Waals surface area contributed by atoms with Gasteiger partial charge in [-0.25, -0.2) is 34.1 Å². The molecular formula is C52H50Cl2FN7O9S. The number of fused-ring (bicyclic) bond motifs is 7. The van der Waals surface area contributed by atoms with Crippen molar-refractivity contribution in [2.24, 2.45) is 0 Å². The number of nitrogens with zero attached hydrogens (tertiary/aromatic N) is 7. The Labute approximate surface area is 428 Å². The Morgan fingerprint density at radius 3 is 2.40 bits per heavy atom. The molecule has 4 aromatic heterocycles. The van der Waals surface area contributed by atoms with Gasteiger partial charge in [-0.3, -0.25) is 4.90 Å². The first-order valence-electron chi connectivity index (χ1n) is 23.4. The number of aromatic nitrogens is 5. The molecule has 20 heteroatoms. The number of piperazine rings is 1. The predicted molar refractivity (Wildman–Crippen MR) is 269 cm³/mol. The van der Waals surface area contributed by atoms with Crippen molar-refractivity contribution in [3.63, 3.8) is 0 Å². The third-order valence-electron chi connectivity index (χ3n) is 12.7. The highest BCUT2D eigenvalue weighted by atomic mass is 35.5. The smallest absolute Gasteiger partial charge is 0.345 e.